The van der Waals surface area contributed by atoms with Crippen molar-refractivity contribution in [3.05, 3.63) is 28.2 Å². The Balaban J connectivity index is 2.44. The molecule has 102 valence electrons. The highest BCUT2D eigenvalue weighted by Crippen LogP contribution is 2.33. The molecule has 0 bridgehead atoms. The summed E-state index contributed by atoms with van der Waals surface area (Å²) in [6, 6.07) is 5.35. The lowest BCUT2D eigenvalue weighted by atomic mass is 9.97. The van der Waals surface area contributed by atoms with Gasteiger partial charge in [-0.05, 0) is 47.5 Å². The second-order valence-electron chi connectivity index (χ2n) is 4.97. The highest BCUT2D eigenvalue weighted by Gasteiger charge is 2.41. The lowest BCUT2D eigenvalue weighted by Crippen LogP contribution is -2.64. The Bertz CT molecular complexity index is 543. The van der Waals surface area contributed by atoms with Gasteiger partial charge in [-0.25, -0.2) is 0 Å². The van der Waals surface area contributed by atoms with Gasteiger partial charge in [0.05, 0.1) is 18.8 Å². The van der Waals surface area contributed by atoms with Crippen LogP contribution in [0.2, 0.25) is 0 Å². The molecule has 0 radical (unpaired) electrons. The van der Waals surface area contributed by atoms with Crippen molar-refractivity contribution in [2.24, 2.45) is 0 Å². The number of aliphatic hydroxyl groups excluding tert-OH is 1. The van der Waals surface area contributed by atoms with E-state index in [2.05, 4.69) is 21.2 Å². The zero-order valence-electron chi connectivity index (χ0n) is 10.7. The standard InChI is InChI=1S/C13H15BrN2O3/c1-13(2)12(19)15-11(18)6-16(13)10-4-3-8(7-17)5-9(10)14/h3-5,17H,6-7H2,1-2H3,(H,15,18,19). The van der Waals surface area contributed by atoms with Crippen LogP contribution in [0, 0.1) is 0 Å². The van der Waals surface area contributed by atoms with Gasteiger partial charge >= 0.3 is 0 Å². The van der Waals surface area contributed by atoms with Crippen molar-refractivity contribution >= 4 is 33.4 Å². The fourth-order valence-corrected chi connectivity index (χ4v) is 2.68. The summed E-state index contributed by atoms with van der Waals surface area (Å²) in [6.45, 7) is 3.60. The molecule has 5 nitrogen and oxygen atoms in total. The van der Waals surface area contributed by atoms with Crippen molar-refractivity contribution in [1.29, 1.82) is 0 Å². The Morgan fingerprint density at radius 1 is 1.42 bits per heavy atom. The highest BCUT2D eigenvalue weighted by molar-refractivity contribution is 9.10. The van der Waals surface area contributed by atoms with Crippen LogP contribution >= 0.6 is 15.9 Å². The van der Waals surface area contributed by atoms with Crippen LogP contribution in [-0.2, 0) is 16.2 Å². The number of halogens is 1. The van der Waals surface area contributed by atoms with Gasteiger partial charge in [-0.2, -0.15) is 0 Å². The van der Waals surface area contributed by atoms with E-state index in [4.69, 9.17) is 5.11 Å². The Kier molecular flexibility index (Phi) is 3.64. The number of rotatable bonds is 2. The number of imide groups is 1. The maximum Gasteiger partial charge on any atom is 0.251 e. The number of hydrogen-bond donors (Lipinski definition) is 2. The van der Waals surface area contributed by atoms with Crippen LogP contribution in [0.25, 0.3) is 0 Å². The Morgan fingerprint density at radius 3 is 2.68 bits per heavy atom. The minimum absolute atomic E-state index is 0.0539. The van der Waals surface area contributed by atoms with E-state index in [1.165, 1.54) is 0 Å². The number of carbonyl (C=O) groups excluding carboxylic acids is 2. The molecule has 1 fully saturated rings. The van der Waals surface area contributed by atoms with Gasteiger partial charge in [-0.3, -0.25) is 14.9 Å². The summed E-state index contributed by atoms with van der Waals surface area (Å²) in [6.07, 6.45) is 0. The highest BCUT2D eigenvalue weighted by atomic mass is 79.9. The van der Waals surface area contributed by atoms with Crippen LogP contribution in [0.15, 0.2) is 22.7 Å². The molecule has 0 atom stereocenters. The molecule has 2 amide bonds. The SMILES string of the molecule is CC1(C)C(=O)NC(=O)CN1c1ccc(CO)cc1Br. The quantitative estimate of drug-likeness (QED) is 0.801. The Labute approximate surface area is 119 Å². The molecule has 0 aliphatic carbocycles. The molecule has 0 aromatic heterocycles. The summed E-state index contributed by atoms with van der Waals surface area (Å²) in [5, 5.41) is 11.4. The van der Waals surface area contributed by atoms with E-state index in [-0.39, 0.29) is 25.0 Å². The number of hydrogen-bond acceptors (Lipinski definition) is 4. The van der Waals surface area contributed by atoms with Crippen molar-refractivity contribution in [2.75, 3.05) is 11.4 Å². The minimum Gasteiger partial charge on any atom is -0.392 e. The van der Waals surface area contributed by atoms with Crippen LogP contribution < -0.4 is 10.2 Å². The van der Waals surface area contributed by atoms with E-state index >= 15 is 0 Å². The first kappa shape index (κ1) is 14.0. The van der Waals surface area contributed by atoms with E-state index < -0.39 is 5.54 Å². The molecule has 0 saturated carbocycles. The Morgan fingerprint density at radius 2 is 2.11 bits per heavy atom. The molecule has 19 heavy (non-hydrogen) atoms. The maximum absolute atomic E-state index is 11.9. The average Bonchev–Trinajstić information content (AvgIpc) is 2.34. The lowest BCUT2D eigenvalue weighted by molar-refractivity contribution is -0.135. The van der Waals surface area contributed by atoms with Crippen LogP contribution in [0.5, 0.6) is 0 Å². The zero-order valence-corrected chi connectivity index (χ0v) is 12.3. The van der Waals surface area contributed by atoms with Crippen LogP contribution in [0.4, 0.5) is 5.69 Å². The van der Waals surface area contributed by atoms with Gasteiger partial charge in [-0.1, -0.05) is 6.07 Å². The summed E-state index contributed by atoms with van der Waals surface area (Å²) >= 11 is 3.42. The molecule has 1 aromatic carbocycles. The third-order valence-corrected chi connectivity index (χ3v) is 3.91. The first-order valence-corrected chi connectivity index (χ1v) is 6.67. The third kappa shape index (κ3) is 2.50. The van der Waals surface area contributed by atoms with Crippen molar-refractivity contribution in [1.82, 2.24) is 5.32 Å². The van der Waals surface area contributed by atoms with Gasteiger partial charge in [0.15, 0.2) is 0 Å². The van der Waals surface area contributed by atoms with Crippen molar-refractivity contribution < 1.29 is 14.7 Å². The van der Waals surface area contributed by atoms with E-state index in [0.29, 0.717) is 0 Å². The van der Waals surface area contributed by atoms with Crippen LogP contribution in [-0.4, -0.2) is 29.0 Å². The molecule has 1 aromatic rings. The number of nitrogens with one attached hydrogen (secondary N) is 1. The average molecular weight is 327 g/mol. The largest absolute Gasteiger partial charge is 0.392 e. The molecule has 1 heterocycles. The molecule has 0 unspecified atom stereocenters. The van der Waals surface area contributed by atoms with Gasteiger partial charge < -0.3 is 10.0 Å². The van der Waals surface area contributed by atoms with Gasteiger partial charge in [0, 0.05) is 4.47 Å². The molecular formula is C13H15BrN2O3. The number of benzene rings is 1. The summed E-state index contributed by atoms with van der Waals surface area (Å²) < 4.78 is 0.745. The topological polar surface area (TPSA) is 69.6 Å². The number of nitrogens with zero attached hydrogens (tertiary/aromatic N) is 1. The number of carbonyl (C=O) groups is 2. The second-order valence-corrected chi connectivity index (χ2v) is 5.82. The molecule has 1 aliphatic rings. The first-order chi connectivity index (χ1) is 8.86. The zero-order chi connectivity index (χ0) is 14.2. The van der Waals surface area contributed by atoms with Crippen molar-refractivity contribution in [2.45, 2.75) is 26.0 Å². The molecule has 1 saturated heterocycles. The smallest absolute Gasteiger partial charge is 0.251 e. The van der Waals surface area contributed by atoms with E-state index in [0.717, 1.165) is 15.7 Å². The molecule has 2 N–H and O–H groups in total. The van der Waals surface area contributed by atoms with E-state index in [1.807, 2.05) is 0 Å². The second kappa shape index (κ2) is 4.94. The molecule has 2 rings (SSSR count). The third-order valence-electron chi connectivity index (χ3n) is 3.27. The first-order valence-electron chi connectivity index (χ1n) is 5.87. The Hall–Kier alpha value is -1.40. The number of amides is 2. The number of piperazine rings is 1. The molecular weight excluding hydrogens is 312 g/mol. The summed E-state index contributed by atoms with van der Waals surface area (Å²) in [5.41, 5.74) is 0.712. The van der Waals surface area contributed by atoms with Gasteiger partial charge in [-0.15, -0.1) is 0 Å². The van der Waals surface area contributed by atoms with Crippen LogP contribution in [0.3, 0.4) is 0 Å². The molecule has 1 aliphatic heterocycles. The van der Waals surface area contributed by atoms with E-state index in [9.17, 15) is 9.59 Å². The molecule has 0 spiro atoms. The van der Waals surface area contributed by atoms with Crippen molar-refractivity contribution in [3.8, 4) is 0 Å². The van der Waals surface area contributed by atoms with Gasteiger partial charge in [0.1, 0.15) is 5.54 Å². The fourth-order valence-electron chi connectivity index (χ4n) is 2.04. The number of anilines is 1. The van der Waals surface area contributed by atoms with Gasteiger partial charge in [0.2, 0.25) is 5.91 Å². The van der Waals surface area contributed by atoms with Gasteiger partial charge in [0.25, 0.3) is 5.91 Å². The normalized spacial score (nSPS) is 18.4. The summed E-state index contributed by atoms with van der Waals surface area (Å²) in [4.78, 5) is 25.2. The predicted molar refractivity (Wildman–Crippen MR) is 74.6 cm³/mol. The van der Waals surface area contributed by atoms with Crippen molar-refractivity contribution in [3.63, 3.8) is 0 Å². The maximum atomic E-state index is 11.9. The fraction of sp³-hybridized carbons (Fsp3) is 0.385. The summed E-state index contributed by atoms with van der Waals surface area (Å²) in [7, 11) is 0. The number of aliphatic hydroxyl groups is 1. The predicted octanol–water partition coefficient (Wildman–Crippen LogP) is 1.18. The summed E-state index contributed by atoms with van der Waals surface area (Å²) in [5.74, 6) is -0.635. The monoisotopic (exact) mass is 326 g/mol. The van der Waals surface area contributed by atoms with E-state index in [1.54, 1.807) is 36.9 Å². The minimum atomic E-state index is -0.808. The lowest BCUT2D eigenvalue weighted by Gasteiger charge is -2.42. The molecule has 6 heteroatoms. The van der Waals surface area contributed by atoms with Crippen LogP contribution in [0.1, 0.15) is 19.4 Å².